The molecule has 0 unspecified atom stereocenters. The van der Waals surface area contributed by atoms with E-state index in [2.05, 4.69) is 26.8 Å². The first kappa shape index (κ1) is 29.0. The third-order valence-electron chi connectivity index (χ3n) is 1.96. The van der Waals surface area contributed by atoms with E-state index >= 15 is 0 Å². The predicted molar refractivity (Wildman–Crippen MR) is 110 cm³/mol. The molecule has 0 saturated heterocycles. The molecule has 2 aromatic rings. The highest BCUT2D eigenvalue weighted by atomic mass is 32.1. The van der Waals surface area contributed by atoms with Crippen LogP contribution in [0.5, 0.6) is 0 Å². The van der Waals surface area contributed by atoms with Crippen LogP contribution in [0.4, 0.5) is 0 Å². The van der Waals surface area contributed by atoms with Crippen molar-refractivity contribution in [3.05, 3.63) is 57.8 Å². The number of aryl methyl sites for hydroxylation is 3. The van der Waals surface area contributed by atoms with Crippen LogP contribution in [0.1, 0.15) is 70.7 Å². The van der Waals surface area contributed by atoms with Crippen molar-refractivity contribution in [1.29, 1.82) is 0 Å². The maximum absolute atomic E-state index is 2.22. The highest BCUT2D eigenvalue weighted by Gasteiger charge is 1.93. The molecular formula is C21H40S. The minimum atomic E-state index is 1.42. The molecule has 22 heavy (non-hydrogen) atoms. The van der Waals surface area contributed by atoms with Crippen LogP contribution in [-0.2, 0) is 0 Å². The normalized spacial score (nSPS) is 6.86. The summed E-state index contributed by atoms with van der Waals surface area (Å²) in [5, 5.41) is 0. The molecule has 0 radical (unpaired) electrons. The van der Waals surface area contributed by atoms with Crippen molar-refractivity contribution in [1.82, 2.24) is 0 Å². The van der Waals surface area contributed by atoms with Gasteiger partial charge in [-0.15, -0.1) is 11.3 Å². The highest BCUT2D eigenvalue weighted by Crippen LogP contribution is 2.18. The molecule has 1 aromatic carbocycles. The summed E-state index contributed by atoms with van der Waals surface area (Å²) in [5.41, 5.74) is 1.42. The number of rotatable bonds is 0. The molecule has 0 aliphatic rings. The average molecular weight is 325 g/mol. The molecule has 0 fully saturated rings. The van der Waals surface area contributed by atoms with Gasteiger partial charge in [-0.05, 0) is 32.4 Å². The third-order valence-corrected chi connectivity index (χ3v) is 3.02. The van der Waals surface area contributed by atoms with Gasteiger partial charge in [0.1, 0.15) is 0 Å². The van der Waals surface area contributed by atoms with Crippen LogP contribution in [0.15, 0.2) is 42.5 Å². The number of hydrogen-bond acceptors (Lipinski definition) is 1. The molecule has 1 heteroatoms. The van der Waals surface area contributed by atoms with Gasteiger partial charge in [-0.25, -0.2) is 0 Å². The Balaban J connectivity index is -0.000000103. The summed E-state index contributed by atoms with van der Waals surface area (Å²) < 4.78 is 0. The van der Waals surface area contributed by atoms with Crippen molar-refractivity contribution in [3.8, 4) is 0 Å². The molecule has 0 amide bonds. The Labute approximate surface area is 145 Å². The Hall–Kier alpha value is -1.08. The van der Waals surface area contributed by atoms with Crippen LogP contribution < -0.4 is 0 Å². The Morgan fingerprint density at radius 1 is 0.545 bits per heavy atom. The maximum atomic E-state index is 2.22. The van der Waals surface area contributed by atoms with Crippen molar-refractivity contribution >= 4 is 11.3 Å². The van der Waals surface area contributed by atoms with Crippen LogP contribution in [0.25, 0.3) is 0 Å². The maximum Gasteiger partial charge on any atom is 0.00462 e. The quantitative estimate of drug-likeness (QED) is 0.456. The third kappa shape index (κ3) is 21.2. The van der Waals surface area contributed by atoms with Crippen LogP contribution in [0.2, 0.25) is 0 Å². The van der Waals surface area contributed by atoms with E-state index in [-0.39, 0.29) is 0 Å². The molecule has 2 rings (SSSR count). The lowest BCUT2D eigenvalue weighted by molar-refractivity contribution is 1.43. The molecule has 1 heterocycles. The van der Waals surface area contributed by atoms with E-state index in [4.69, 9.17) is 0 Å². The summed E-state index contributed by atoms with van der Waals surface area (Å²) in [7, 11) is 0. The first-order valence-electron chi connectivity index (χ1n) is 8.74. The fourth-order valence-corrected chi connectivity index (χ4v) is 2.08. The van der Waals surface area contributed by atoms with Crippen molar-refractivity contribution < 1.29 is 0 Å². The Morgan fingerprint density at radius 2 is 0.818 bits per heavy atom. The molecule has 0 N–H and O–H groups in total. The lowest BCUT2D eigenvalue weighted by Gasteiger charge is -1.79. The monoisotopic (exact) mass is 324 g/mol. The van der Waals surface area contributed by atoms with Crippen LogP contribution in [0.3, 0.4) is 0 Å². The van der Waals surface area contributed by atoms with Crippen LogP contribution >= 0.6 is 11.3 Å². The summed E-state index contributed by atoms with van der Waals surface area (Å²) in [6, 6.07) is 14.2. The van der Waals surface area contributed by atoms with E-state index in [1.807, 2.05) is 103 Å². The summed E-state index contributed by atoms with van der Waals surface area (Å²) in [6.07, 6.45) is 0. The summed E-state index contributed by atoms with van der Waals surface area (Å²) in [5.74, 6) is 0. The van der Waals surface area contributed by atoms with Gasteiger partial charge >= 0.3 is 0 Å². The smallest absolute Gasteiger partial charge is 0.00462 e. The first-order valence-corrected chi connectivity index (χ1v) is 9.55. The summed E-state index contributed by atoms with van der Waals surface area (Å²) in [6.45, 7) is 22.5. The Kier molecular flexibility index (Phi) is 37.1. The zero-order valence-electron chi connectivity index (χ0n) is 16.9. The Bertz CT molecular complexity index is 314. The molecule has 0 nitrogen and oxygen atoms in total. The molecule has 0 bridgehead atoms. The summed E-state index contributed by atoms with van der Waals surface area (Å²) in [4.78, 5) is 2.86. The lowest BCUT2D eigenvalue weighted by Crippen LogP contribution is -1.62. The van der Waals surface area contributed by atoms with E-state index < -0.39 is 0 Å². The number of hydrogen-bond donors (Lipinski definition) is 0. The van der Waals surface area contributed by atoms with Gasteiger partial charge in [-0.1, -0.05) is 91.8 Å². The SMILES string of the molecule is CC.CC.CC.CC.Cc1cc(C)c(C)s1.c1ccccc1. The number of thiophene rings is 1. The molecule has 0 saturated carbocycles. The molecule has 0 aliphatic carbocycles. The average Bonchev–Trinajstić information content (AvgIpc) is 2.93. The van der Waals surface area contributed by atoms with Crippen molar-refractivity contribution in [2.24, 2.45) is 0 Å². The number of benzene rings is 1. The summed E-state index contributed by atoms with van der Waals surface area (Å²) >= 11 is 1.87. The Morgan fingerprint density at radius 3 is 0.909 bits per heavy atom. The van der Waals surface area contributed by atoms with Gasteiger partial charge in [0, 0.05) is 9.75 Å². The van der Waals surface area contributed by atoms with Crippen molar-refractivity contribution in [2.75, 3.05) is 0 Å². The first-order chi connectivity index (χ1) is 10.7. The fourth-order valence-electron chi connectivity index (χ4n) is 1.14. The van der Waals surface area contributed by atoms with E-state index in [9.17, 15) is 0 Å². The largest absolute Gasteiger partial charge is 0.146 e. The molecule has 130 valence electrons. The minimum Gasteiger partial charge on any atom is -0.146 e. The van der Waals surface area contributed by atoms with Crippen molar-refractivity contribution in [3.63, 3.8) is 0 Å². The second-order valence-corrected chi connectivity index (χ2v) is 4.71. The van der Waals surface area contributed by atoms with Gasteiger partial charge in [0.2, 0.25) is 0 Å². The zero-order valence-corrected chi connectivity index (χ0v) is 17.8. The zero-order chi connectivity index (χ0) is 18.4. The lowest BCUT2D eigenvalue weighted by atomic mass is 10.3. The van der Waals surface area contributed by atoms with Crippen LogP contribution in [-0.4, -0.2) is 0 Å². The van der Waals surface area contributed by atoms with Crippen molar-refractivity contribution in [2.45, 2.75) is 76.2 Å². The fraction of sp³-hybridized carbons (Fsp3) is 0.524. The standard InChI is InChI=1S/C7H10S.C6H6.4C2H6/c1-5-4-6(2)8-7(5)3;1-2-4-6-5-3-1;4*1-2/h4H,1-3H3;1-6H;4*1-2H3. The van der Waals surface area contributed by atoms with Gasteiger partial charge in [-0.2, -0.15) is 0 Å². The van der Waals surface area contributed by atoms with Gasteiger partial charge in [0.15, 0.2) is 0 Å². The van der Waals surface area contributed by atoms with Gasteiger partial charge < -0.3 is 0 Å². The molecule has 0 spiro atoms. The van der Waals surface area contributed by atoms with Gasteiger partial charge in [-0.3, -0.25) is 0 Å². The molecular weight excluding hydrogens is 284 g/mol. The predicted octanol–water partition coefficient (Wildman–Crippen LogP) is 8.46. The van der Waals surface area contributed by atoms with E-state index in [0.29, 0.717) is 0 Å². The van der Waals surface area contributed by atoms with E-state index in [1.165, 1.54) is 15.3 Å². The molecule has 1 aromatic heterocycles. The van der Waals surface area contributed by atoms with E-state index in [0.717, 1.165) is 0 Å². The second-order valence-electron chi connectivity index (χ2n) is 3.25. The molecule has 0 aliphatic heterocycles. The van der Waals surface area contributed by atoms with Gasteiger partial charge in [0.25, 0.3) is 0 Å². The van der Waals surface area contributed by atoms with Gasteiger partial charge in [0.05, 0.1) is 0 Å². The highest BCUT2D eigenvalue weighted by molar-refractivity contribution is 7.12. The topological polar surface area (TPSA) is 0 Å². The second kappa shape index (κ2) is 28.1. The van der Waals surface area contributed by atoms with E-state index in [1.54, 1.807) is 0 Å². The molecule has 0 atom stereocenters. The minimum absolute atomic E-state index is 1.42. The van der Waals surface area contributed by atoms with Crippen LogP contribution in [0, 0.1) is 20.8 Å².